The van der Waals surface area contributed by atoms with E-state index in [2.05, 4.69) is 23.8 Å². The van der Waals surface area contributed by atoms with Crippen LogP contribution in [0.15, 0.2) is 23.3 Å². The number of aliphatic imine (C=N–C) groups is 1. The number of hydrogen-bond donors (Lipinski definition) is 1. The third kappa shape index (κ3) is 6.59. The van der Waals surface area contributed by atoms with Gasteiger partial charge < -0.3 is 14.7 Å². The van der Waals surface area contributed by atoms with E-state index < -0.39 is 5.97 Å². The zero-order valence-corrected chi connectivity index (χ0v) is 22.7. The molecule has 2 heterocycles. The SMILES string of the molecule is CC1CCC(C(=O)N(c2cc(C#CC(C)(C)C)sc2C(=O)O)C2CCC(OC3=NC=CC3)CC2)CC1. The first-order valence-corrected chi connectivity index (χ1v) is 14.0. The van der Waals surface area contributed by atoms with Crippen LogP contribution < -0.4 is 4.90 Å². The molecule has 0 unspecified atom stereocenters. The number of aromatic carboxylic acids is 1. The smallest absolute Gasteiger partial charge is 0.348 e. The monoisotopic (exact) mass is 510 g/mol. The lowest BCUT2D eigenvalue weighted by Crippen LogP contribution is -2.47. The predicted molar refractivity (Wildman–Crippen MR) is 145 cm³/mol. The molecular formula is C29H38N2O4S. The van der Waals surface area contributed by atoms with E-state index in [1.807, 2.05) is 37.8 Å². The Hall–Kier alpha value is -2.59. The van der Waals surface area contributed by atoms with Crippen molar-refractivity contribution in [1.82, 2.24) is 0 Å². The van der Waals surface area contributed by atoms with Gasteiger partial charge in [0.2, 0.25) is 5.91 Å². The maximum atomic E-state index is 14.0. The Kier molecular flexibility index (Phi) is 8.24. The van der Waals surface area contributed by atoms with Crippen LogP contribution in [0.3, 0.4) is 0 Å². The van der Waals surface area contributed by atoms with E-state index in [-0.39, 0.29) is 34.3 Å². The molecule has 0 saturated heterocycles. The molecule has 1 aliphatic heterocycles. The fraction of sp³-hybridized carbons (Fsp3) is 0.621. The van der Waals surface area contributed by atoms with Crippen molar-refractivity contribution in [1.29, 1.82) is 0 Å². The summed E-state index contributed by atoms with van der Waals surface area (Å²) in [5.74, 6) is 6.78. The molecule has 2 aliphatic carbocycles. The highest BCUT2D eigenvalue weighted by Crippen LogP contribution is 2.39. The molecule has 1 amide bonds. The summed E-state index contributed by atoms with van der Waals surface area (Å²) >= 11 is 1.17. The average Bonchev–Trinajstić information content (AvgIpc) is 3.49. The van der Waals surface area contributed by atoms with Crippen LogP contribution in [0.5, 0.6) is 0 Å². The minimum absolute atomic E-state index is 0.0449. The number of carboxylic acid groups (broad SMARTS) is 1. The summed E-state index contributed by atoms with van der Waals surface area (Å²) in [7, 11) is 0. The topological polar surface area (TPSA) is 79.2 Å². The summed E-state index contributed by atoms with van der Waals surface area (Å²) < 4.78 is 6.08. The molecule has 6 nitrogen and oxygen atoms in total. The van der Waals surface area contributed by atoms with Crippen molar-refractivity contribution in [3.05, 3.63) is 28.1 Å². The van der Waals surface area contributed by atoms with E-state index in [0.717, 1.165) is 63.7 Å². The molecule has 2 fully saturated rings. The van der Waals surface area contributed by atoms with Crippen LogP contribution >= 0.6 is 11.3 Å². The fourth-order valence-corrected chi connectivity index (χ4v) is 6.10. The summed E-state index contributed by atoms with van der Waals surface area (Å²) in [5.41, 5.74) is 0.322. The predicted octanol–water partition coefficient (Wildman–Crippen LogP) is 6.65. The van der Waals surface area contributed by atoms with Crippen molar-refractivity contribution in [3.63, 3.8) is 0 Å². The molecule has 3 aliphatic rings. The zero-order valence-electron chi connectivity index (χ0n) is 21.9. The number of ether oxygens (including phenoxy) is 1. The van der Waals surface area contributed by atoms with Gasteiger partial charge in [-0.3, -0.25) is 4.79 Å². The van der Waals surface area contributed by atoms with Crippen LogP contribution in [0.2, 0.25) is 0 Å². The first-order valence-electron chi connectivity index (χ1n) is 13.2. The first kappa shape index (κ1) is 26.5. The summed E-state index contributed by atoms with van der Waals surface area (Å²) in [6, 6.07) is 1.79. The number of amides is 1. The van der Waals surface area contributed by atoms with Crippen LogP contribution in [-0.2, 0) is 9.53 Å². The van der Waals surface area contributed by atoms with Crippen LogP contribution in [0, 0.1) is 29.1 Å². The van der Waals surface area contributed by atoms with Gasteiger partial charge in [-0.15, -0.1) is 11.3 Å². The van der Waals surface area contributed by atoms with Crippen molar-refractivity contribution in [3.8, 4) is 11.8 Å². The van der Waals surface area contributed by atoms with Gasteiger partial charge >= 0.3 is 5.97 Å². The number of rotatable bonds is 5. The summed E-state index contributed by atoms with van der Waals surface area (Å²) in [4.78, 5) is 33.3. The normalized spacial score (nSPS) is 26.1. The minimum atomic E-state index is -1.00. The highest BCUT2D eigenvalue weighted by molar-refractivity contribution is 7.15. The van der Waals surface area contributed by atoms with E-state index in [1.165, 1.54) is 11.3 Å². The number of carboxylic acids is 1. The minimum Gasteiger partial charge on any atom is -0.477 e. The maximum Gasteiger partial charge on any atom is 0.348 e. The first-order chi connectivity index (χ1) is 17.1. The second-order valence-corrected chi connectivity index (χ2v) is 12.5. The highest BCUT2D eigenvalue weighted by atomic mass is 32.1. The Morgan fingerprint density at radius 1 is 1.11 bits per heavy atom. The van der Waals surface area contributed by atoms with Gasteiger partial charge in [-0.2, -0.15) is 0 Å². The van der Waals surface area contributed by atoms with Crippen molar-refractivity contribution in [2.75, 3.05) is 4.90 Å². The van der Waals surface area contributed by atoms with Crippen molar-refractivity contribution >= 4 is 34.8 Å². The summed E-state index contributed by atoms with van der Waals surface area (Å²) in [5, 5.41) is 10.1. The molecule has 194 valence electrons. The standard InChI is InChI=1S/C29H38N2O4S/c1-19-7-9-20(10-8-19)27(32)31(21-11-13-22(14-12-21)35-25-6-5-17-30-25)24-18-23(15-16-29(2,3)4)36-26(24)28(33)34/h5,17-22H,6-14H2,1-4H3,(H,33,34). The second kappa shape index (κ2) is 11.2. The molecule has 1 aromatic rings. The Balaban J connectivity index is 1.61. The molecule has 2 saturated carbocycles. The van der Waals surface area contributed by atoms with E-state index in [1.54, 1.807) is 6.20 Å². The van der Waals surface area contributed by atoms with Crippen LogP contribution in [0.1, 0.15) is 100 Å². The van der Waals surface area contributed by atoms with E-state index in [9.17, 15) is 14.7 Å². The molecule has 36 heavy (non-hydrogen) atoms. The number of carbonyl (C=O) groups is 2. The second-order valence-electron chi connectivity index (χ2n) is 11.5. The van der Waals surface area contributed by atoms with Gasteiger partial charge in [-0.1, -0.05) is 24.8 Å². The molecule has 0 radical (unpaired) electrons. The zero-order chi connectivity index (χ0) is 25.9. The summed E-state index contributed by atoms with van der Waals surface area (Å²) in [6.07, 6.45) is 11.6. The van der Waals surface area contributed by atoms with Crippen molar-refractivity contribution in [2.45, 2.75) is 97.6 Å². The average molecular weight is 511 g/mol. The Morgan fingerprint density at radius 2 is 1.81 bits per heavy atom. The largest absolute Gasteiger partial charge is 0.477 e. The number of thiophene rings is 1. The molecule has 4 rings (SSSR count). The summed E-state index contributed by atoms with van der Waals surface area (Å²) in [6.45, 7) is 8.33. The van der Waals surface area contributed by atoms with E-state index >= 15 is 0 Å². The van der Waals surface area contributed by atoms with Crippen molar-refractivity contribution in [2.24, 2.45) is 22.2 Å². The molecule has 7 heteroatoms. The number of carbonyl (C=O) groups excluding carboxylic acids is 1. The maximum absolute atomic E-state index is 14.0. The van der Waals surface area contributed by atoms with Gasteiger partial charge in [0.05, 0.1) is 10.6 Å². The van der Waals surface area contributed by atoms with Crippen LogP contribution in [-0.4, -0.2) is 35.0 Å². The van der Waals surface area contributed by atoms with Crippen LogP contribution in [0.25, 0.3) is 0 Å². The van der Waals surface area contributed by atoms with Gasteiger partial charge in [0.15, 0.2) is 5.90 Å². The molecular weight excluding hydrogens is 472 g/mol. The molecule has 0 atom stereocenters. The van der Waals surface area contributed by atoms with E-state index in [0.29, 0.717) is 16.5 Å². The molecule has 0 spiro atoms. The fourth-order valence-electron chi connectivity index (χ4n) is 5.26. The van der Waals surface area contributed by atoms with Gasteiger partial charge in [-0.05, 0) is 84.1 Å². The van der Waals surface area contributed by atoms with Gasteiger partial charge in [0, 0.05) is 30.0 Å². The Morgan fingerprint density at radius 3 is 2.39 bits per heavy atom. The quantitative estimate of drug-likeness (QED) is 0.450. The number of anilines is 1. The van der Waals surface area contributed by atoms with Gasteiger partial charge in [0.1, 0.15) is 11.0 Å². The highest BCUT2D eigenvalue weighted by Gasteiger charge is 2.38. The molecule has 0 aromatic carbocycles. The van der Waals surface area contributed by atoms with Crippen LogP contribution in [0.4, 0.5) is 5.69 Å². The Bertz CT molecular complexity index is 1080. The Labute approximate surface area is 218 Å². The van der Waals surface area contributed by atoms with E-state index in [4.69, 9.17) is 4.74 Å². The number of hydrogen-bond acceptors (Lipinski definition) is 5. The molecule has 0 bridgehead atoms. The molecule has 1 N–H and O–H groups in total. The van der Waals surface area contributed by atoms with Gasteiger partial charge in [-0.25, -0.2) is 9.79 Å². The third-order valence-corrected chi connectivity index (χ3v) is 8.29. The number of nitrogens with zero attached hydrogens (tertiary/aromatic N) is 2. The lowest BCUT2D eigenvalue weighted by Gasteiger charge is -2.39. The van der Waals surface area contributed by atoms with Gasteiger partial charge in [0.25, 0.3) is 0 Å². The van der Waals surface area contributed by atoms with Crippen molar-refractivity contribution < 1.29 is 19.4 Å². The lowest BCUT2D eigenvalue weighted by atomic mass is 9.81. The molecule has 1 aromatic heterocycles. The lowest BCUT2D eigenvalue weighted by molar-refractivity contribution is -0.124. The third-order valence-electron chi connectivity index (χ3n) is 7.26.